The predicted octanol–water partition coefficient (Wildman–Crippen LogP) is 2.17. The van der Waals surface area contributed by atoms with Gasteiger partial charge in [-0.3, -0.25) is 9.59 Å². The third kappa shape index (κ3) is 3.47. The summed E-state index contributed by atoms with van der Waals surface area (Å²) in [6, 6.07) is 9.37. The Balaban J connectivity index is 1.87. The molecule has 1 heterocycles. The molecule has 1 aromatic carbocycles. The molecule has 6 nitrogen and oxygen atoms in total. The number of primary amides is 1. The molecular weight excluding hydrogens is 320 g/mol. The summed E-state index contributed by atoms with van der Waals surface area (Å²) in [6.07, 6.45) is 3.10. The Morgan fingerprint density at radius 3 is 2.44 bits per heavy atom. The van der Waals surface area contributed by atoms with E-state index in [4.69, 9.17) is 10.2 Å². The van der Waals surface area contributed by atoms with Gasteiger partial charge in [0, 0.05) is 5.92 Å². The number of carbonyl (C=O) groups is 2. The normalized spacial score (nSPS) is 15.2. The highest BCUT2D eigenvalue weighted by atomic mass is 16.4. The standard InChI is InChI=1S/C19H20N2O4/c1-11-10-14(12-8-5-9-12)25-19(24)15(11)18(23)21-16(17(20)22)13-6-3-2-4-7-13/h2-4,6-7,10,12,16H,5,8-9H2,1H3,(H2,20,22)(H,21,23)/t16-/m0/s1. The number of nitrogens with one attached hydrogen (secondary N) is 1. The topological polar surface area (TPSA) is 102 Å². The maximum Gasteiger partial charge on any atom is 0.349 e. The van der Waals surface area contributed by atoms with Gasteiger partial charge in [0.05, 0.1) is 0 Å². The van der Waals surface area contributed by atoms with Gasteiger partial charge in [0.15, 0.2) is 0 Å². The first kappa shape index (κ1) is 17.0. The molecule has 1 aromatic heterocycles. The van der Waals surface area contributed by atoms with Crippen molar-refractivity contribution in [3.8, 4) is 0 Å². The molecule has 2 amide bonds. The fourth-order valence-electron chi connectivity index (χ4n) is 2.97. The minimum atomic E-state index is -1.01. The van der Waals surface area contributed by atoms with Gasteiger partial charge >= 0.3 is 5.63 Å². The highest BCUT2D eigenvalue weighted by molar-refractivity contribution is 5.98. The van der Waals surface area contributed by atoms with E-state index in [-0.39, 0.29) is 11.5 Å². The molecule has 1 saturated carbocycles. The van der Waals surface area contributed by atoms with Crippen molar-refractivity contribution in [3.05, 3.63) is 69.3 Å². The molecule has 6 heteroatoms. The van der Waals surface area contributed by atoms with Gasteiger partial charge in [-0.25, -0.2) is 4.79 Å². The van der Waals surface area contributed by atoms with E-state index >= 15 is 0 Å². The van der Waals surface area contributed by atoms with Gasteiger partial charge in [-0.1, -0.05) is 36.8 Å². The first-order valence-corrected chi connectivity index (χ1v) is 8.27. The number of carbonyl (C=O) groups excluding carboxylic acids is 2. The summed E-state index contributed by atoms with van der Waals surface area (Å²) in [5, 5.41) is 2.53. The Bertz CT molecular complexity index is 853. The van der Waals surface area contributed by atoms with Crippen molar-refractivity contribution in [2.75, 3.05) is 0 Å². The van der Waals surface area contributed by atoms with Crippen LogP contribution in [0.4, 0.5) is 0 Å². The number of amides is 2. The van der Waals surface area contributed by atoms with Gasteiger partial charge in [-0.15, -0.1) is 0 Å². The fourth-order valence-corrected chi connectivity index (χ4v) is 2.97. The van der Waals surface area contributed by atoms with E-state index in [2.05, 4.69) is 5.32 Å². The molecule has 0 unspecified atom stereocenters. The molecule has 25 heavy (non-hydrogen) atoms. The second-order valence-corrected chi connectivity index (χ2v) is 6.34. The lowest BCUT2D eigenvalue weighted by atomic mass is 9.83. The van der Waals surface area contributed by atoms with Crippen LogP contribution in [0.25, 0.3) is 0 Å². The number of nitrogens with two attached hydrogens (primary N) is 1. The summed E-state index contributed by atoms with van der Waals surface area (Å²) in [7, 11) is 0. The van der Waals surface area contributed by atoms with Crippen molar-refractivity contribution in [2.45, 2.75) is 38.1 Å². The fraction of sp³-hybridized carbons (Fsp3) is 0.316. The molecule has 0 aliphatic heterocycles. The maximum absolute atomic E-state index is 12.6. The van der Waals surface area contributed by atoms with Crippen LogP contribution in [0.3, 0.4) is 0 Å². The molecule has 1 fully saturated rings. The zero-order valence-electron chi connectivity index (χ0n) is 14.0. The summed E-state index contributed by atoms with van der Waals surface area (Å²) in [6.45, 7) is 1.69. The lowest BCUT2D eigenvalue weighted by molar-refractivity contribution is -0.120. The van der Waals surface area contributed by atoms with Gasteiger partial charge < -0.3 is 15.5 Å². The highest BCUT2D eigenvalue weighted by Gasteiger charge is 2.27. The third-order valence-corrected chi connectivity index (χ3v) is 4.60. The van der Waals surface area contributed by atoms with Gasteiger partial charge in [0.1, 0.15) is 17.4 Å². The molecule has 130 valence electrons. The van der Waals surface area contributed by atoms with Crippen LogP contribution < -0.4 is 16.7 Å². The van der Waals surface area contributed by atoms with Crippen molar-refractivity contribution in [1.29, 1.82) is 0 Å². The monoisotopic (exact) mass is 340 g/mol. The molecule has 3 rings (SSSR count). The molecule has 0 spiro atoms. The van der Waals surface area contributed by atoms with E-state index in [0.717, 1.165) is 19.3 Å². The number of aryl methyl sites for hydroxylation is 1. The highest BCUT2D eigenvalue weighted by Crippen LogP contribution is 2.36. The Labute approximate surface area is 145 Å². The summed E-state index contributed by atoms with van der Waals surface area (Å²) >= 11 is 0. The summed E-state index contributed by atoms with van der Waals surface area (Å²) in [5.74, 6) is -0.488. The molecule has 1 aliphatic carbocycles. The third-order valence-electron chi connectivity index (χ3n) is 4.60. The van der Waals surface area contributed by atoms with Gasteiger partial charge in [0.25, 0.3) is 5.91 Å². The van der Waals surface area contributed by atoms with Crippen LogP contribution >= 0.6 is 0 Å². The van der Waals surface area contributed by atoms with Gasteiger partial charge in [-0.05, 0) is 37.0 Å². The second kappa shape index (κ2) is 6.93. The van der Waals surface area contributed by atoms with Crippen molar-refractivity contribution in [2.24, 2.45) is 5.73 Å². The lowest BCUT2D eigenvalue weighted by Gasteiger charge is -2.24. The van der Waals surface area contributed by atoms with E-state index in [1.54, 1.807) is 43.3 Å². The first-order valence-electron chi connectivity index (χ1n) is 8.27. The van der Waals surface area contributed by atoms with E-state index in [9.17, 15) is 14.4 Å². The Morgan fingerprint density at radius 1 is 1.24 bits per heavy atom. The van der Waals surface area contributed by atoms with Gasteiger partial charge in [0.2, 0.25) is 5.91 Å². The molecular formula is C19H20N2O4. The zero-order chi connectivity index (χ0) is 18.0. The van der Waals surface area contributed by atoms with Crippen LogP contribution in [-0.2, 0) is 4.79 Å². The summed E-state index contributed by atoms with van der Waals surface area (Å²) in [4.78, 5) is 36.6. The smallest absolute Gasteiger partial charge is 0.349 e. The van der Waals surface area contributed by atoms with Crippen LogP contribution in [0.2, 0.25) is 0 Å². The zero-order valence-corrected chi connectivity index (χ0v) is 14.0. The average molecular weight is 340 g/mol. The molecule has 2 aromatic rings. The molecule has 0 saturated heterocycles. The van der Waals surface area contributed by atoms with Crippen LogP contribution in [0, 0.1) is 6.92 Å². The van der Waals surface area contributed by atoms with E-state index in [0.29, 0.717) is 16.9 Å². The first-order chi connectivity index (χ1) is 12.0. The average Bonchev–Trinajstić information content (AvgIpc) is 2.51. The summed E-state index contributed by atoms with van der Waals surface area (Å²) < 4.78 is 5.33. The van der Waals surface area contributed by atoms with E-state index in [1.165, 1.54) is 0 Å². The molecule has 1 atom stereocenters. The van der Waals surface area contributed by atoms with Crippen LogP contribution in [-0.4, -0.2) is 11.8 Å². The lowest BCUT2D eigenvalue weighted by Crippen LogP contribution is -2.39. The van der Waals surface area contributed by atoms with Crippen molar-refractivity contribution < 1.29 is 14.0 Å². The molecule has 0 bridgehead atoms. The van der Waals surface area contributed by atoms with Crippen molar-refractivity contribution in [1.82, 2.24) is 5.32 Å². The molecule has 0 radical (unpaired) electrons. The summed E-state index contributed by atoms with van der Waals surface area (Å²) in [5.41, 5.74) is 5.72. The number of hydrogen-bond acceptors (Lipinski definition) is 4. The molecule has 3 N–H and O–H groups in total. The van der Waals surface area contributed by atoms with Crippen LogP contribution in [0.15, 0.2) is 45.6 Å². The largest absolute Gasteiger partial charge is 0.427 e. The SMILES string of the molecule is Cc1cc(C2CCC2)oc(=O)c1C(=O)N[C@H](C(N)=O)c1ccccc1. The van der Waals surface area contributed by atoms with Crippen LogP contribution in [0.1, 0.15) is 58.5 Å². The minimum absolute atomic E-state index is 0.0924. The van der Waals surface area contributed by atoms with E-state index in [1.807, 2.05) is 0 Å². The molecule has 1 aliphatic rings. The van der Waals surface area contributed by atoms with Crippen LogP contribution in [0.5, 0.6) is 0 Å². The number of rotatable bonds is 5. The Kier molecular flexibility index (Phi) is 4.70. The second-order valence-electron chi connectivity index (χ2n) is 6.34. The van der Waals surface area contributed by atoms with E-state index < -0.39 is 23.5 Å². The Hall–Kier alpha value is -2.89. The maximum atomic E-state index is 12.6. The number of hydrogen-bond donors (Lipinski definition) is 2. The predicted molar refractivity (Wildman–Crippen MR) is 92.2 cm³/mol. The Morgan fingerprint density at radius 2 is 1.92 bits per heavy atom. The quantitative estimate of drug-likeness (QED) is 0.870. The van der Waals surface area contributed by atoms with Gasteiger partial charge in [-0.2, -0.15) is 0 Å². The number of benzene rings is 1. The van der Waals surface area contributed by atoms with Crippen molar-refractivity contribution >= 4 is 11.8 Å². The van der Waals surface area contributed by atoms with Crippen molar-refractivity contribution in [3.63, 3.8) is 0 Å². The minimum Gasteiger partial charge on any atom is -0.427 e.